The van der Waals surface area contributed by atoms with Crippen LogP contribution in [0.3, 0.4) is 0 Å². The zero-order valence-corrected chi connectivity index (χ0v) is 11.1. The number of anilines is 1. The van der Waals surface area contributed by atoms with E-state index in [4.69, 9.17) is 15.0 Å². The molecule has 0 spiro atoms. The molecule has 21 heavy (non-hydrogen) atoms. The summed E-state index contributed by atoms with van der Waals surface area (Å²) in [5.41, 5.74) is 7.38. The number of hydrogen-bond donors (Lipinski definition) is 1. The Kier molecular flexibility index (Phi) is 2.63. The second-order valence-electron chi connectivity index (χ2n) is 4.94. The van der Waals surface area contributed by atoms with Gasteiger partial charge in [0, 0.05) is 12.6 Å². The van der Waals surface area contributed by atoms with Gasteiger partial charge in [-0.25, -0.2) is 0 Å². The zero-order chi connectivity index (χ0) is 14.2. The van der Waals surface area contributed by atoms with Gasteiger partial charge in [0.05, 0.1) is 11.9 Å². The van der Waals surface area contributed by atoms with E-state index >= 15 is 0 Å². The number of rotatable bonds is 3. The summed E-state index contributed by atoms with van der Waals surface area (Å²) in [5, 5.41) is 8.08. The van der Waals surface area contributed by atoms with Gasteiger partial charge in [-0.15, -0.1) is 0 Å². The molecular formula is C14H13N5O2. The van der Waals surface area contributed by atoms with E-state index in [1.165, 1.54) is 0 Å². The predicted molar refractivity (Wildman–Crippen MR) is 73.6 cm³/mol. The van der Waals surface area contributed by atoms with E-state index in [-0.39, 0.29) is 6.10 Å². The van der Waals surface area contributed by atoms with E-state index < -0.39 is 0 Å². The number of fused-ring (bicyclic) bond motifs is 1. The summed E-state index contributed by atoms with van der Waals surface area (Å²) in [5.74, 6) is 1.92. The number of hydrogen-bond acceptors (Lipinski definition) is 6. The van der Waals surface area contributed by atoms with Gasteiger partial charge in [-0.3, -0.25) is 4.68 Å². The van der Waals surface area contributed by atoms with Gasteiger partial charge in [-0.05, 0) is 11.6 Å². The lowest BCUT2D eigenvalue weighted by molar-refractivity contribution is 0.221. The number of benzene rings is 1. The first-order chi connectivity index (χ1) is 10.3. The summed E-state index contributed by atoms with van der Waals surface area (Å²) in [4.78, 5) is 4.38. The Hall–Kier alpha value is -2.83. The number of aromatic nitrogens is 4. The van der Waals surface area contributed by atoms with Crippen LogP contribution >= 0.6 is 0 Å². The molecule has 7 nitrogen and oxygen atoms in total. The molecule has 1 atom stereocenters. The molecule has 0 amide bonds. The van der Waals surface area contributed by atoms with Crippen LogP contribution in [-0.2, 0) is 13.0 Å². The largest absolute Gasteiger partial charge is 0.482 e. The van der Waals surface area contributed by atoms with Gasteiger partial charge >= 0.3 is 0 Å². The molecule has 7 heteroatoms. The molecule has 1 aromatic carbocycles. The average Bonchev–Trinajstić information content (AvgIpc) is 3.18. The van der Waals surface area contributed by atoms with Gasteiger partial charge in [-0.2, -0.15) is 10.1 Å². The molecule has 3 aromatic rings. The van der Waals surface area contributed by atoms with Crippen molar-refractivity contribution in [2.75, 3.05) is 5.73 Å². The topological polar surface area (TPSA) is 92.0 Å². The molecule has 0 saturated carbocycles. The van der Waals surface area contributed by atoms with Crippen LogP contribution in [-0.4, -0.2) is 19.9 Å². The van der Waals surface area contributed by atoms with Crippen molar-refractivity contribution in [2.45, 2.75) is 19.1 Å². The fourth-order valence-electron chi connectivity index (χ4n) is 2.39. The maximum absolute atomic E-state index is 5.83. The van der Waals surface area contributed by atoms with Gasteiger partial charge in [0.2, 0.25) is 11.7 Å². The van der Waals surface area contributed by atoms with Crippen molar-refractivity contribution in [3.05, 3.63) is 53.9 Å². The summed E-state index contributed by atoms with van der Waals surface area (Å²) < 4.78 is 12.7. The third kappa shape index (κ3) is 2.22. The van der Waals surface area contributed by atoms with Gasteiger partial charge < -0.3 is 15.0 Å². The normalized spacial score (nSPS) is 16.7. The lowest BCUT2D eigenvalue weighted by atomic mass is 10.1. The van der Waals surface area contributed by atoms with E-state index in [2.05, 4.69) is 15.2 Å². The minimum Gasteiger partial charge on any atom is -0.482 e. The smallest absolute Gasteiger partial charge is 0.248 e. The van der Waals surface area contributed by atoms with Crippen LogP contribution in [0.1, 0.15) is 23.4 Å². The van der Waals surface area contributed by atoms with Crippen molar-refractivity contribution < 1.29 is 9.26 Å². The predicted octanol–water partition coefficient (Wildman–Crippen LogP) is 1.57. The Morgan fingerprint density at radius 1 is 1.33 bits per heavy atom. The van der Waals surface area contributed by atoms with E-state index in [1.807, 2.05) is 24.3 Å². The minimum atomic E-state index is -0.192. The minimum absolute atomic E-state index is 0.192. The van der Waals surface area contributed by atoms with Gasteiger partial charge in [0.1, 0.15) is 12.3 Å². The zero-order valence-electron chi connectivity index (χ0n) is 11.1. The lowest BCUT2D eigenvalue weighted by Crippen LogP contribution is -2.06. The fourth-order valence-corrected chi connectivity index (χ4v) is 2.39. The summed E-state index contributed by atoms with van der Waals surface area (Å²) in [6, 6.07) is 7.94. The molecule has 1 aliphatic rings. The Morgan fingerprint density at radius 3 is 3.05 bits per heavy atom. The molecule has 0 fully saturated rings. The highest BCUT2D eigenvalue weighted by Crippen LogP contribution is 2.35. The first-order valence-electron chi connectivity index (χ1n) is 6.63. The Balaban J connectivity index is 1.51. The number of nitrogen functional groups attached to an aromatic ring is 1. The summed E-state index contributed by atoms with van der Waals surface area (Å²) in [6.45, 7) is 0.393. The monoisotopic (exact) mass is 283 g/mol. The highest BCUT2D eigenvalue weighted by Gasteiger charge is 2.28. The van der Waals surface area contributed by atoms with E-state index in [0.717, 1.165) is 17.7 Å². The molecule has 0 saturated heterocycles. The van der Waals surface area contributed by atoms with Crippen LogP contribution in [0, 0.1) is 0 Å². The first kappa shape index (κ1) is 12.0. The highest BCUT2D eigenvalue weighted by atomic mass is 16.5. The molecule has 2 aromatic heterocycles. The molecule has 3 heterocycles. The summed E-state index contributed by atoms with van der Waals surface area (Å²) >= 11 is 0. The van der Waals surface area contributed by atoms with Crippen LogP contribution in [0.4, 0.5) is 5.69 Å². The van der Waals surface area contributed by atoms with E-state index in [0.29, 0.717) is 23.9 Å². The SMILES string of the molecule is Nc1cnn(Cc2nc(C3Cc4ccccc4O3)no2)c1. The van der Waals surface area contributed by atoms with Crippen LogP contribution in [0.2, 0.25) is 0 Å². The van der Waals surface area contributed by atoms with Crippen molar-refractivity contribution in [1.82, 2.24) is 19.9 Å². The molecule has 106 valence electrons. The van der Waals surface area contributed by atoms with Crippen LogP contribution in [0.15, 0.2) is 41.2 Å². The number of ether oxygens (including phenoxy) is 1. The molecule has 4 rings (SSSR count). The molecule has 2 N–H and O–H groups in total. The van der Waals surface area contributed by atoms with Crippen LogP contribution in [0.5, 0.6) is 5.75 Å². The molecule has 1 unspecified atom stereocenters. The van der Waals surface area contributed by atoms with Crippen LogP contribution in [0.25, 0.3) is 0 Å². The van der Waals surface area contributed by atoms with Gasteiger partial charge in [-0.1, -0.05) is 23.4 Å². The Morgan fingerprint density at radius 2 is 2.24 bits per heavy atom. The van der Waals surface area contributed by atoms with Gasteiger partial charge in [0.25, 0.3) is 0 Å². The van der Waals surface area contributed by atoms with Crippen molar-refractivity contribution in [2.24, 2.45) is 0 Å². The molecule has 0 radical (unpaired) electrons. The maximum atomic E-state index is 5.83. The van der Waals surface area contributed by atoms with E-state index in [9.17, 15) is 0 Å². The van der Waals surface area contributed by atoms with E-state index in [1.54, 1.807) is 17.1 Å². The Bertz CT molecular complexity index is 754. The standard InChI is InChI=1S/C14H13N5O2/c15-10-6-16-19(7-10)8-13-17-14(18-21-13)12-5-9-3-1-2-4-11(9)20-12/h1-4,6-7,12H,5,8,15H2. The number of nitrogens with two attached hydrogens (primary N) is 1. The molecular weight excluding hydrogens is 270 g/mol. The highest BCUT2D eigenvalue weighted by molar-refractivity contribution is 5.38. The fraction of sp³-hybridized carbons (Fsp3) is 0.214. The first-order valence-corrected chi connectivity index (χ1v) is 6.63. The summed E-state index contributed by atoms with van der Waals surface area (Å²) in [7, 11) is 0. The van der Waals surface area contributed by atoms with Crippen molar-refractivity contribution >= 4 is 5.69 Å². The summed E-state index contributed by atoms with van der Waals surface area (Å²) in [6.07, 6.45) is 3.85. The Labute approximate surface area is 120 Å². The van der Waals surface area contributed by atoms with Crippen molar-refractivity contribution in [1.29, 1.82) is 0 Å². The molecule has 1 aliphatic heterocycles. The maximum Gasteiger partial charge on any atom is 0.248 e. The van der Waals surface area contributed by atoms with Crippen molar-refractivity contribution in [3.8, 4) is 5.75 Å². The average molecular weight is 283 g/mol. The van der Waals surface area contributed by atoms with Crippen LogP contribution < -0.4 is 10.5 Å². The third-order valence-corrected chi connectivity index (χ3v) is 3.37. The lowest BCUT2D eigenvalue weighted by Gasteiger charge is -2.04. The second-order valence-corrected chi connectivity index (χ2v) is 4.94. The second kappa shape index (κ2) is 4.62. The third-order valence-electron chi connectivity index (χ3n) is 3.37. The number of para-hydroxylation sites is 1. The molecule has 0 aliphatic carbocycles. The quantitative estimate of drug-likeness (QED) is 0.784. The van der Waals surface area contributed by atoms with Gasteiger partial charge in [0.15, 0.2) is 6.10 Å². The number of nitrogens with zero attached hydrogens (tertiary/aromatic N) is 4. The van der Waals surface area contributed by atoms with Crippen molar-refractivity contribution in [3.63, 3.8) is 0 Å². The molecule has 0 bridgehead atoms.